The highest BCUT2D eigenvalue weighted by Crippen LogP contribution is 2.33. The first-order valence-electron chi connectivity index (χ1n) is 6.16. The normalized spacial score (nSPS) is 12.0. The van der Waals surface area contributed by atoms with Crippen molar-refractivity contribution < 1.29 is 4.39 Å². The van der Waals surface area contributed by atoms with Gasteiger partial charge in [-0.2, -0.15) is 0 Å². The zero-order valence-corrected chi connectivity index (χ0v) is 13.8. The number of hydrogen-bond donors (Lipinski definition) is 0. The van der Waals surface area contributed by atoms with Crippen molar-refractivity contribution in [3.63, 3.8) is 0 Å². The third-order valence-electron chi connectivity index (χ3n) is 2.92. The number of aromatic nitrogens is 1. The molecule has 0 aliphatic carbocycles. The van der Waals surface area contributed by atoms with Crippen LogP contribution in [0.1, 0.15) is 17.5 Å². The molecule has 6 heteroatoms. The Bertz CT molecular complexity index is 674. The van der Waals surface area contributed by atoms with Crippen LogP contribution in [0.5, 0.6) is 0 Å². The van der Waals surface area contributed by atoms with Gasteiger partial charge in [0, 0.05) is 21.8 Å². The Kier molecular flexibility index (Phi) is 5.81. The highest BCUT2D eigenvalue weighted by Gasteiger charge is 2.15. The molecule has 0 N–H and O–H groups in total. The summed E-state index contributed by atoms with van der Waals surface area (Å²) in [6.45, 7) is 0. The van der Waals surface area contributed by atoms with Gasteiger partial charge >= 0.3 is 0 Å². The molecule has 1 aromatic heterocycles. The fraction of sp³-hybridized carbons (Fsp3) is 0.133. The Balaban J connectivity index is 2.63. The van der Waals surface area contributed by atoms with Crippen LogP contribution >= 0.6 is 34.2 Å². The van der Waals surface area contributed by atoms with Crippen molar-refractivity contribution in [2.24, 2.45) is 5.18 Å². The Morgan fingerprint density at radius 3 is 2.57 bits per heavy atom. The van der Waals surface area contributed by atoms with Crippen LogP contribution in [-0.2, 0) is 0 Å². The van der Waals surface area contributed by atoms with Gasteiger partial charge in [-0.25, -0.2) is 9.37 Å². The summed E-state index contributed by atoms with van der Waals surface area (Å²) in [5, 5.41) is 3.46. The lowest BCUT2D eigenvalue weighted by atomic mass is 9.99. The molecular formula is C15H11ClFIN2O. The molecule has 0 atom stereocenters. The summed E-state index contributed by atoms with van der Waals surface area (Å²) in [6.07, 6.45) is 2.20. The van der Waals surface area contributed by atoms with Crippen LogP contribution in [0.4, 0.5) is 4.39 Å². The van der Waals surface area contributed by atoms with E-state index in [2.05, 4.69) is 32.8 Å². The monoisotopic (exact) mass is 416 g/mol. The molecule has 3 nitrogen and oxygen atoms in total. The van der Waals surface area contributed by atoms with Gasteiger partial charge in [0.25, 0.3) is 0 Å². The highest BCUT2D eigenvalue weighted by molar-refractivity contribution is 14.1. The van der Waals surface area contributed by atoms with E-state index >= 15 is 0 Å². The van der Waals surface area contributed by atoms with E-state index in [9.17, 15) is 9.30 Å². The summed E-state index contributed by atoms with van der Waals surface area (Å²) >= 11 is 8.33. The van der Waals surface area contributed by atoms with Crippen molar-refractivity contribution in [1.82, 2.24) is 4.98 Å². The molecule has 21 heavy (non-hydrogen) atoms. The van der Waals surface area contributed by atoms with E-state index in [1.807, 2.05) is 0 Å². The summed E-state index contributed by atoms with van der Waals surface area (Å²) in [7, 11) is 0. The van der Waals surface area contributed by atoms with E-state index in [4.69, 9.17) is 11.6 Å². The molecule has 0 spiro atoms. The van der Waals surface area contributed by atoms with Crippen molar-refractivity contribution in [1.29, 1.82) is 0 Å². The fourth-order valence-electron chi connectivity index (χ4n) is 1.98. The number of hydrogen-bond acceptors (Lipinski definition) is 3. The van der Waals surface area contributed by atoms with Crippen LogP contribution in [0, 0.1) is 10.7 Å². The zero-order valence-electron chi connectivity index (χ0n) is 10.9. The van der Waals surface area contributed by atoms with Crippen LogP contribution in [0.15, 0.2) is 47.8 Å². The zero-order chi connectivity index (χ0) is 15.2. The Labute approximate surface area is 140 Å². The molecule has 108 valence electrons. The maximum Gasteiger partial charge on any atom is 0.136 e. The lowest BCUT2D eigenvalue weighted by Gasteiger charge is -2.11. The molecule has 0 saturated carbocycles. The van der Waals surface area contributed by atoms with E-state index in [-0.39, 0.29) is 11.5 Å². The predicted molar refractivity (Wildman–Crippen MR) is 91.8 cm³/mol. The molecule has 0 amide bonds. The van der Waals surface area contributed by atoms with E-state index in [0.717, 1.165) is 4.43 Å². The van der Waals surface area contributed by atoms with Crippen molar-refractivity contribution in [3.05, 3.63) is 69.6 Å². The Morgan fingerprint density at radius 2 is 2.00 bits per heavy atom. The van der Waals surface area contributed by atoms with Gasteiger partial charge in [0.1, 0.15) is 16.7 Å². The van der Waals surface area contributed by atoms with E-state index in [0.29, 0.717) is 28.3 Å². The van der Waals surface area contributed by atoms with Gasteiger partial charge in [-0.15, -0.1) is 4.91 Å². The Hall–Kier alpha value is -1.34. The van der Waals surface area contributed by atoms with Crippen LogP contribution < -0.4 is 0 Å². The maximum absolute atomic E-state index is 13.0. The lowest BCUT2D eigenvalue weighted by molar-refractivity contribution is 0.627. The quantitative estimate of drug-likeness (QED) is 0.286. The largest absolute Gasteiger partial charge is 0.244 e. The first-order chi connectivity index (χ1) is 10.2. The first-order valence-corrected chi connectivity index (χ1v) is 8.07. The van der Waals surface area contributed by atoms with Gasteiger partial charge < -0.3 is 0 Å². The van der Waals surface area contributed by atoms with Gasteiger partial charge in [0.15, 0.2) is 0 Å². The number of alkyl halides is 1. The average molecular weight is 417 g/mol. The smallest absolute Gasteiger partial charge is 0.136 e. The molecular weight excluding hydrogens is 406 g/mol. The summed E-state index contributed by atoms with van der Waals surface area (Å²) in [6, 6.07) is 9.21. The second-order valence-electron chi connectivity index (χ2n) is 4.21. The average Bonchev–Trinajstić information content (AvgIpc) is 2.49. The van der Waals surface area contributed by atoms with Gasteiger partial charge in [-0.1, -0.05) is 40.3 Å². The molecule has 0 fully saturated rings. The number of rotatable bonds is 5. The van der Waals surface area contributed by atoms with E-state index in [1.165, 1.54) is 24.3 Å². The number of benzene rings is 1. The molecule has 0 unspecified atom stereocenters. The minimum atomic E-state index is -0.362. The van der Waals surface area contributed by atoms with Crippen molar-refractivity contribution in [2.45, 2.75) is 6.42 Å². The highest BCUT2D eigenvalue weighted by atomic mass is 127. The fourth-order valence-corrected chi connectivity index (χ4v) is 2.75. The van der Waals surface area contributed by atoms with E-state index < -0.39 is 0 Å². The topological polar surface area (TPSA) is 42.3 Å². The minimum Gasteiger partial charge on any atom is -0.244 e. The summed E-state index contributed by atoms with van der Waals surface area (Å²) in [5.41, 5.74) is 2.21. The predicted octanol–water partition coefficient (Wildman–Crippen LogP) is 5.33. The molecule has 1 aromatic carbocycles. The van der Waals surface area contributed by atoms with E-state index in [1.54, 1.807) is 18.3 Å². The van der Waals surface area contributed by atoms with Crippen LogP contribution in [-0.4, -0.2) is 9.41 Å². The van der Waals surface area contributed by atoms with Crippen molar-refractivity contribution in [2.75, 3.05) is 4.43 Å². The first kappa shape index (κ1) is 16.0. The third kappa shape index (κ3) is 3.85. The third-order valence-corrected chi connectivity index (χ3v) is 3.76. The summed E-state index contributed by atoms with van der Waals surface area (Å²) < 4.78 is 13.8. The standard InChI is InChI=1S/C15H11ClFIN2O/c16-15-13(2-1-9-19-15)12(7-8-18)14(20-21)10-3-5-11(17)6-4-10/h1-6,9H,7-8H2/b14-12+. The van der Waals surface area contributed by atoms with Crippen LogP contribution in [0.2, 0.25) is 5.15 Å². The number of halogens is 3. The summed E-state index contributed by atoms with van der Waals surface area (Å²) in [4.78, 5) is 15.4. The Morgan fingerprint density at radius 1 is 1.29 bits per heavy atom. The molecule has 0 aliphatic heterocycles. The van der Waals surface area contributed by atoms with Crippen molar-refractivity contribution >= 4 is 45.5 Å². The number of allylic oxidation sites excluding steroid dienone is 1. The van der Waals surface area contributed by atoms with Crippen LogP contribution in [0.25, 0.3) is 11.3 Å². The molecule has 2 aromatic rings. The van der Waals surface area contributed by atoms with Gasteiger partial charge in [-0.05, 0) is 47.5 Å². The molecule has 0 aliphatic rings. The molecule has 1 heterocycles. The summed E-state index contributed by atoms with van der Waals surface area (Å²) in [5.74, 6) is -0.362. The second kappa shape index (κ2) is 7.61. The lowest BCUT2D eigenvalue weighted by Crippen LogP contribution is -1.94. The van der Waals surface area contributed by atoms with Crippen molar-refractivity contribution in [3.8, 4) is 0 Å². The SMILES string of the molecule is O=N/C(=C(\CCI)c1cccnc1Cl)c1ccc(F)cc1. The van der Waals surface area contributed by atoms with Gasteiger partial charge in [0.2, 0.25) is 0 Å². The van der Waals surface area contributed by atoms with Gasteiger partial charge in [-0.3, -0.25) is 0 Å². The minimum absolute atomic E-state index is 0.265. The second-order valence-corrected chi connectivity index (χ2v) is 5.64. The molecule has 2 rings (SSSR count). The van der Waals surface area contributed by atoms with Crippen LogP contribution in [0.3, 0.4) is 0 Å². The number of nitroso groups, excluding NO2 is 1. The number of pyridine rings is 1. The molecule has 0 saturated heterocycles. The maximum atomic E-state index is 13.0. The molecule has 0 radical (unpaired) electrons. The number of nitrogens with zero attached hydrogens (tertiary/aromatic N) is 2. The van der Waals surface area contributed by atoms with Gasteiger partial charge in [0.05, 0.1) is 0 Å². The molecule has 0 bridgehead atoms.